The predicted octanol–water partition coefficient (Wildman–Crippen LogP) is 1.67. The summed E-state index contributed by atoms with van der Waals surface area (Å²) >= 11 is 1.78. The lowest BCUT2D eigenvalue weighted by Crippen LogP contribution is -2.36. The number of amides is 1. The molecule has 0 aliphatic carbocycles. The average molecular weight is 267 g/mol. The first-order chi connectivity index (χ1) is 7.03. The minimum absolute atomic E-state index is 0. The van der Waals surface area contributed by atoms with E-state index in [1.165, 1.54) is 0 Å². The summed E-state index contributed by atoms with van der Waals surface area (Å²) in [7, 11) is 0. The van der Waals surface area contributed by atoms with E-state index in [0.29, 0.717) is 12.3 Å². The van der Waals surface area contributed by atoms with Crippen molar-refractivity contribution in [1.82, 2.24) is 10.6 Å². The number of carbonyl (C=O) groups excluding carboxylic acids is 1. The van der Waals surface area contributed by atoms with E-state index >= 15 is 0 Å². The molecule has 3 nitrogen and oxygen atoms in total. The zero-order chi connectivity index (χ0) is 11.3. The minimum atomic E-state index is 0. The molecule has 0 aromatic carbocycles. The van der Waals surface area contributed by atoms with Gasteiger partial charge in [0.05, 0.1) is 0 Å². The van der Waals surface area contributed by atoms with Gasteiger partial charge in [0.1, 0.15) is 0 Å². The first kappa shape index (κ1) is 16.1. The van der Waals surface area contributed by atoms with Gasteiger partial charge in [0, 0.05) is 17.7 Å². The van der Waals surface area contributed by atoms with Crippen LogP contribution in [0.1, 0.15) is 26.7 Å². The molecule has 0 spiro atoms. The van der Waals surface area contributed by atoms with Crippen LogP contribution in [0.5, 0.6) is 0 Å². The van der Waals surface area contributed by atoms with Crippen LogP contribution in [-0.4, -0.2) is 36.5 Å². The average Bonchev–Trinajstić information content (AvgIpc) is 2.68. The lowest BCUT2D eigenvalue weighted by molar-refractivity contribution is -0.121. The lowest BCUT2D eigenvalue weighted by atomic mass is 10.0. The highest BCUT2D eigenvalue weighted by Gasteiger charge is 2.20. The van der Waals surface area contributed by atoms with E-state index in [9.17, 15) is 4.79 Å². The van der Waals surface area contributed by atoms with Crippen molar-refractivity contribution < 1.29 is 4.79 Å². The van der Waals surface area contributed by atoms with Gasteiger partial charge in [-0.1, -0.05) is 0 Å². The Kier molecular flexibility index (Phi) is 7.44. The Balaban J connectivity index is 0.00000225. The molecule has 1 saturated heterocycles. The highest BCUT2D eigenvalue weighted by atomic mass is 35.5. The summed E-state index contributed by atoms with van der Waals surface area (Å²) in [5.74, 6) is 0.744. The van der Waals surface area contributed by atoms with Crippen molar-refractivity contribution in [2.24, 2.45) is 5.92 Å². The zero-order valence-electron chi connectivity index (χ0n) is 10.3. The van der Waals surface area contributed by atoms with Crippen LogP contribution in [-0.2, 0) is 4.79 Å². The van der Waals surface area contributed by atoms with Gasteiger partial charge in [-0.3, -0.25) is 4.79 Å². The monoisotopic (exact) mass is 266 g/mol. The maximum absolute atomic E-state index is 11.6. The third-order valence-electron chi connectivity index (χ3n) is 2.90. The molecule has 2 N–H and O–H groups in total. The molecule has 1 rings (SSSR count). The van der Waals surface area contributed by atoms with E-state index in [-0.39, 0.29) is 23.1 Å². The number of hydrogen-bond acceptors (Lipinski definition) is 3. The fraction of sp³-hybridized carbons (Fsp3) is 0.909. The van der Waals surface area contributed by atoms with Crippen LogP contribution < -0.4 is 10.6 Å². The van der Waals surface area contributed by atoms with Crippen LogP contribution >= 0.6 is 24.2 Å². The third-order valence-corrected chi connectivity index (χ3v) is 4.15. The van der Waals surface area contributed by atoms with Crippen LogP contribution in [0.2, 0.25) is 0 Å². The number of rotatable bonds is 5. The number of nitrogens with one attached hydrogen (secondary N) is 2. The fourth-order valence-corrected chi connectivity index (χ4v) is 1.82. The Morgan fingerprint density at radius 1 is 1.56 bits per heavy atom. The number of thioether (sulfide) groups is 1. The molecule has 1 aliphatic heterocycles. The Morgan fingerprint density at radius 3 is 2.75 bits per heavy atom. The van der Waals surface area contributed by atoms with Crippen LogP contribution in [0.25, 0.3) is 0 Å². The van der Waals surface area contributed by atoms with E-state index in [4.69, 9.17) is 0 Å². The van der Waals surface area contributed by atoms with Crippen LogP contribution in [0, 0.1) is 5.92 Å². The molecular formula is C11H23ClN2OS. The molecule has 0 aromatic heterocycles. The van der Waals surface area contributed by atoms with Gasteiger partial charge >= 0.3 is 0 Å². The van der Waals surface area contributed by atoms with Crippen LogP contribution in [0.15, 0.2) is 0 Å². The van der Waals surface area contributed by atoms with Gasteiger partial charge in [-0.15, -0.1) is 12.4 Å². The quantitative estimate of drug-likeness (QED) is 0.795. The molecule has 1 fully saturated rings. The summed E-state index contributed by atoms with van der Waals surface area (Å²) in [6.45, 7) is 7.12. The largest absolute Gasteiger partial charge is 0.355 e. The first-order valence-electron chi connectivity index (χ1n) is 5.56. The highest BCUT2D eigenvalue weighted by molar-refractivity contribution is 7.99. The Hall–Kier alpha value is 0.0700. The maximum Gasteiger partial charge on any atom is 0.220 e. The SMILES string of the molecule is CSC(C)(C)CNC(=O)CC1CCNC1.Cl. The summed E-state index contributed by atoms with van der Waals surface area (Å²) < 4.78 is 0.142. The molecular weight excluding hydrogens is 244 g/mol. The number of carbonyl (C=O) groups is 1. The molecule has 0 bridgehead atoms. The molecule has 1 aliphatic rings. The Morgan fingerprint density at radius 2 is 2.25 bits per heavy atom. The van der Waals surface area contributed by atoms with Gasteiger partial charge in [-0.05, 0) is 45.5 Å². The summed E-state index contributed by atoms with van der Waals surface area (Å²) in [6.07, 6.45) is 3.89. The van der Waals surface area contributed by atoms with Crippen molar-refractivity contribution in [2.75, 3.05) is 25.9 Å². The number of halogens is 1. The van der Waals surface area contributed by atoms with E-state index in [0.717, 1.165) is 26.1 Å². The molecule has 1 unspecified atom stereocenters. The van der Waals surface area contributed by atoms with Crippen molar-refractivity contribution in [3.05, 3.63) is 0 Å². The highest BCUT2D eigenvalue weighted by Crippen LogP contribution is 2.19. The summed E-state index contributed by atoms with van der Waals surface area (Å²) in [6, 6.07) is 0. The molecule has 96 valence electrons. The van der Waals surface area contributed by atoms with Gasteiger partial charge in [-0.25, -0.2) is 0 Å². The standard InChI is InChI=1S/C11H22N2OS.ClH/c1-11(2,15-3)8-13-10(14)6-9-4-5-12-7-9;/h9,12H,4-8H2,1-3H3,(H,13,14);1H. The Bertz CT molecular complexity index is 218. The van der Waals surface area contributed by atoms with Crippen molar-refractivity contribution in [2.45, 2.75) is 31.4 Å². The molecule has 0 saturated carbocycles. The minimum Gasteiger partial charge on any atom is -0.355 e. The zero-order valence-corrected chi connectivity index (χ0v) is 12.0. The molecule has 16 heavy (non-hydrogen) atoms. The normalized spacial score (nSPS) is 20.3. The molecule has 1 amide bonds. The van der Waals surface area contributed by atoms with Crippen LogP contribution in [0.3, 0.4) is 0 Å². The Labute approximate surface area is 109 Å². The van der Waals surface area contributed by atoms with Gasteiger partial charge in [0.15, 0.2) is 0 Å². The fourth-order valence-electron chi connectivity index (χ4n) is 1.61. The molecule has 0 aromatic rings. The number of hydrogen-bond donors (Lipinski definition) is 2. The molecule has 1 heterocycles. The van der Waals surface area contributed by atoms with E-state index in [1.54, 1.807) is 11.8 Å². The second-order valence-corrected chi connectivity index (χ2v) is 6.32. The maximum atomic E-state index is 11.6. The molecule has 1 atom stereocenters. The summed E-state index contributed by atoms with van der Waals surface area (Å²) in [4.78, 5) is 11.6. The first-order valence-corrected chi connectivity index (χ1v) is 6.78. The third kappa shape index (κ3) is 5.97. The van der Waals surface area contributed by atoms with Crippen molar-refractivity contribution in [3.8, 4) is 0 Å². The van der Waals surface area contributed by atoms with Gasteiger partial charge in [0.25, 0.3) is 0 Å². The van der Waals surface area contributed by atoms with E-state index in [1.807, 2.05) is 0 Å². The van der Waals surface area contributed by atoms with Gasteiger partial charge in [-0.2, -0.15) is 11.8 Å². The summed E-state index contributed by atoms with van der Waals surface area (Å²) in [5.41, 5.74) is 0. The van der Waals surface area contributed by atoms with E-state index in [2.05, 4.69) is 30.7 Å². The van der Waals surface area contributed by atoms with Gasteiger partial charge in [0.2, 0.25) is 5.91 Å². The van der Waals surface area contributed by atoms with Crippen molar-refractivity contribution >= 4 is 30.1 Å². The lowest BCUT2D eigenvalue weighted by Gasteiger charge is -2.22. The van der Waals surface area contributed by atoms with Gasteiger partial charge < -0.3 is 10.6 Å². The van der Waals surface area contributed by atoms with E-state index < -0.39 is 0 Å². The topological polar surface area (TPSA) is 41.1 Å². The van der Waals surface area contributed by atoms with Crippen molar-refractivity contribution in [1.29, 1.82) is 0 Å². The smallest absolute Gasteiger partial charge is 0.220 e. The molecule has 0 radical (unpaired) electrons. The summed E-state index contributed by atoms with van der Waals surface area (Å²) in [5, 5.41) is 6.29. The molecule has 5 heteroatoms. The second kappa shape index (κ2) is 7.41. The van der Waals surface area contributed by atoms with Crippen LogP contribution in [0.4, 0.5) is 0 Å². The predicted molar refractivity (Wildman–Crippen MR) is 73.4 cm³/mol. The van der Waals surface area contributed by atoms with Crippen molar-refractivity contribution in [3.63, 3.8) is 0 Å². The second-order valence-electron chi connectivity index (χ2n) is 4.80.